The second-order valence-electron chi connectivity index (χ2n) is 3.68. The average Bonchev–Trinajstić information content (AvgIpc) is 2.47. The number of aromatic nitrogens is 2. The Morgan fingerprint density at radius 2 is 2.29 bits per heavy atom. The van der Waals surface area contributed by atoms with E-state index in [-0.39, 0.29) is 5.28 Å². The second-order valence-corrected chi connectivity index (χ2v) is 4.02. The van der Waals surface area contributed by atoms with Crippen LogP contribution in [0.1, 0.15) is 5.56 Å². The number of hydrogen-bond donors (Lipinski definition) is 2. The number of rotatable bonds is 0. The molecule has 1 aliphatic rings. The number of fused-ring (bicyclic) bond motifs is 2. The minimum atomic E-state index is 0.157. The van der Waals surface area contributed by atoms with E-state index in [0.29, 0.717) is 23.8 Å². The minimum Gasteiger partial charge on any atom is -0.437 e. The predicted molar refractivity (Wildman–Crippen MR) is 65.3 cm³/mol. The predicted octanol–water partition coefficient (Wildman–Crippen LogP) is 2.43. The highest BCUT2D eigenvalue weighted by atomic mass is 35.5. The van der Waals surface area contributed by atoms with Crippen LogP contribution in [0.25, 0.3) is 0 Å². The Morgan fingerprint density at radius 1 is 1.41 bits per heavy atom. The van der Waals surface area contributed by atoms with Crippen molar-refractivity contribution in [2.24, 2.45) is 0 Å². The number of anilines is 2. The number of benzene rings is 1. The highest BCUT2D eigenvalue weighted by molar-refractivity contribution is 6.28. The lowest BCUT2D eigenvalue weighted by Crippen LogP contribution is -1.99. The fourth-order valence-electron chi connectivity index (χ4n) is 1.68. The van der Waals surface area contributed by atoms with Gasteiger partial charge in [-0.1, -0.05) is 0 Å². The van der Waals surface area contributed by atoms with E-state index in [0.717, 1.165) is 11.3 Å². The van der Waals surface area contributed by atoms with Gasteiger partial charge in [0, 0.05) is 17.8 Å². The third kappa shape index (κ3) is 1.85. The molecule has 3 N–H and O–H groups in total. The topological polar surface area (TPSA) is 73.1 Å². The smallest absolute Gasteiger partial charge is 0.247 e. The van der Waals surface area contributed by atoms with E-state index in [2.05, 4.69) is 15.3 Å². The molecule has 1 aliphatic heterocycles. The summed E-state index contributed by atoms with van der Waals surface area (Å²) in [5.41, 5.74) is 8.11. The standard InChI is InChI=1S/C11H9ClN4O/c12-11-15-5-8-10(16-11)17-9-2-1-7(13)3-6(9)4-14-8/h1-3,5,14H,4,13H2. The fraction of sp³-hybridized carbons (Fsp3) is 0.0909. The van der Waals surface area contributed by atoms with Crippen LogP contribution in [0.15, 0.2) is 24.4 Å². The summed E-state index contributed by atoms with van der Waals surface area (Å²) in [6, 6.07) is 5.47. The second kappa shape index (κ2) is 3.78. The average molecular weight is 249 g/mol. The maximum Gasteiger partial charge on any atom is 0.247 e. The van der Waals surface area contributed by atoms with Crippen LogP contribution in [0.5, 0.6) is 11.6 Å². The van der Waals surface area contributed by atoms with Crippen LogP contribution in [0.4, 0.5) is 11.4 Å². The Kier molecular flexibility index (Phi) is 2.26. The van der Waals surface area contributed by atoms with Gasteiger partial charge in [0.2, 0.25) is 11.2 Å². The summed E-state index contributed by atoms with van der Waals surface area (Å²) in [6.07, 6.45) is 1.60. The Hall–Kier alpha value is -2.01. The summed E-state index contributed by atoms with van der Waals surface area (Å²) in [6.45, 7) is 0.609. The molecule has 2 heterocycles. The van der Waals surface area contributed by atoms with Gasteiger partial charge >= 0.3 is 0 Å². The van der Waals surface area contributed by atoms with Crippen molar-refractivity contribution in [1.29, 1.82) is 0 Å². The molecule has 86 valence electrons. The van der Waals surface area contributed by atoms with Crippen LogP contribution in [0, 0.1) is 0 Å². The lowest BCUT2D eigenvalue weighted by Gasteiger charge is -2.06. The summed E-state index contributed by atoms with van der Waals surface area (Å²) in [7, 11) is 0. The summed E-state index contributed by atoms with van der Waals surface area (Å²) >= 11 is 5.73. The minimum absolute atomic E-state index is 0.157. The molecular weight excluding hydrogens is 240 g/mol. The van der Waals surface area contributed by atoms with Crippen molar-refractivity contribution < 1.29 is 4.74 Å². The maximum atomic E-state index is 5.73. The Balaban J connectivity index is 2.08. The van der Waals surface area contributed by atoms with E-state index in [1.54, 1.807) is 12.3 Å². The largest absolute Gasteiger partial charge is 0.437 e. The van der Waals surface area contributed by atoms with Crippen LogP contribution < -0.4 is 15.8 Å². The molecule has 1 aromatic carbocycles. The van der Waals surface area contributed by atoms with E-state index < -0.39 is 0 Å². The van der Waals surface area contributed by atoms with E-state index >= 15 is 0 Å². The first-order valence-electron chi connectivity index (χ1n) is 5.05. The molecule has 0 unspecified atom stereocenters. The summed E-state index contributed by atoms with van der Waals surface area (Å²) in [4.78, 5) is 7.93. The molecule has 0 aliphatic carbocycles. The zero-order valence-corrected chi connectivity index (χ0v) is 9.53. The number of nitrogens with zero attached hydrogens (tertiary/aromatic N) is 2. The van der Waals surface area contributed by atoms with Crippen molar-refractivity contribution in [1.82, 2.24) is 9.97 Å². The van der Waals surface area contributed by atoms with Crippen molar-refractivity contribution >= 4 is 23.0 Å². The van der Waals surface area contributed by atoms with E-state index in [1.807, 2.05) is 12.1 Å². The number of hydrogen-bond acceptors (Lipinski definition) is 5. The molecule has 17 heavy (non-hydrogen) atoms. The molecule has 0 saturated carbocycles. The molecule has 0 spiro atoms. The summed E-state index contributed by atoms with van der Waals surface area (Å²) in [5.74, 6) is 1.15. The zero-order valence-electron chi connectivity index (χ0n) is 8.77. The Bertz CT molecular complexity index is 588. The van der Waals surface area contributed by atoms with Gasteiger partial charge in [-0.25, -0.2) is 4.98 Å². The van der Waals surface area contributed by atoms with Gasteiger partial charge in [-0.15, -0.1) is 0 Å². The van der Waals surface area contributed by atoms with Gasteiger partial charge in [0.15, 0.2) is 0 Å². The number of nitrogens with one attached hydrogen (secondary N) is 1. The molecule has 3 rings (SSSR count). The lowest BCUT2D eigenvalue weighted by atomic mass is 10.2. The molecule has 2 aromatic rings. The number of nitrogens with two attached hydrogens (primary N) is 1. The molecule has 0 atom stereocenters. The number of nitrogen functional groups attached to an aromatic ring is 1. The van der Waals surface area contributed by atoms with Gasteiger partial charge in [0.25, 0.3) is 0 Å². The fourth-order valence-corrected chi connectivity index (χ4v) is 1.80. The summed E-state index contributed by atoms with van der Waals surface area (Å²) < 4.78 is 5.68. The first kappa shape index (κ1) is 10.2. The van der Waals surface area contributed by atoms with Gasteiger partial charge in [0.05, 0.1) is 6.20 Å². The van der Waals surface area contributed by atoms with E-state index in [4.69, 9.17) is 22.1 Å². The molecule has 0 radical (unpaired) electrons. The van der Waals surface area contributed by atoms with Gasteiger partial charge < -0.3 is 15.8 Å². The SMILES string of the molecule is Nc1ccc2c(c1)CNc1cnc(Cl)nc1O2. The molecule has 0 bridgehead atoms. The molecule has 0 amide bonds. The van der Waals surface area contributed by atoms with Gasteiger partial charge in [-0.2, -0.15) is 4.98 Å². The van der Waals surface area contributed by atoms with E-state index in [1.165, 1.54) is 0 Å². The quantitative estimate of drug-likeness (QED) is 0.553. The van der Waals surface area contributed by atoms with Crippen LogP contribution >= 0.6 is 11.6 Å². The van der Waals surface area contributed by atoms with Gasteiger partial charge in [-0.3, -0.25) is 0 Å². The van der Waals surface area contributed by atoms with Crippen LogP contribution in [-0.2, 0) is 6.54 Å². The van der Waals surface area contributed by atoms with Crippen LogP contribution in [-0.4, -0.2) is 9.97 Å². The zero-order chi connectivity index (χ0) is 11.8. The maximum absolute atomic E-state index is 5.73. The van der Waals surface area contributed by atoms with Crippen molar-refractivity contribution in [2.45, 2.75) is 6.54 Å². The highest BCUT2D eigenvalue weighted by Crippen LogP contribution is 2.34. The first-order valence-corrected chi connectivity index (χ1v) is 5.43. The number of ether oxygens (including phenoxy) is 1. The highest BCUT2D eigenvalue weighted by Gasteiger charge is 2.16. The number of halogens is 1. The monoisotopic (exact) mass is 248 g/mol. The molecule has 0 fully saturated rings. The van der Waals surface area contributed by atoms with Gasteiger partial charge in [0.1, 0.15) is 11.4 Å². The van der Waals surface area contributed by atoms with Gasteiger partial charge in [-0.05, 0) is 29.8 Å². The van der Waals surface area contributed by atoms with Crippen molar-refractivity contribution in [3.8, 4) is 11.6 Å². The van der Waals surface area contributed by atoms with E-state index in [9.17, 15) is 0 Å². The van der Waals surface area contributed by atoms with Crippen LogP contribution in [0.3, 0.4) is 0 Å². The molecule has 6 heteroatoms. The molecular formula is C11H9ClN4O. The molecule has 0 saturated heterocycles. The van der Waals surface area contributed by atoms with Crippen molar-refractivity contribution in [3.05, 3.63) is 35.2 Å². The van der Waals surface area contributed by atoms with Crippen molar-refractivity contribution in [3.63, 3.8) is 0 Å². The summed E-state index contributed by atoms with van der Waals surface area (Å²) in [5, 5.41) is 3.33. The normalized spacial score (nSPS) is 12.8. The molecule has 1 aromatic heterocycles. The lowest BCUT2D eigenvalue weighted by molar-refractivity contribution is 0.463. The first-order chi connectivity index (χ1) is 8.22. The Morgan fingerprint density at radius 3 is 3.18 bits per heavy atom. The van der Waals surface area contributed by atoms with Crippen molar-refractivity contribution in [2.75, 3.05) is 11.1 Å². The third-order valence-electron chi connectivity index (χ3n) is 2.48. The Labute approximate surface area is 103 Å². The molecule has 5 nitrogen and oxygen atoms in total. The third-order valence-corrected chi connectivity index (χ3v) is 2.67. The van der Waals surface area contributed by atoms with Crippen LogP contribution in [0.2, 0.25) is 5.28 Å².